The molecule has 0 aromatic rings. The number of rotatable bonds is 0. The van der Waals surface area contributed by atoms with Gasteiger partial charge in [0, 0.05) is 13.8 Å². The van der Waals surface area contributed by atoms with Crippen molar-refractivity contribution in [2.45, 2.75) is 13.8 Å². The molecule has 0 bridgehead atoms. The second kappa shape index (κ2) is 22.7. The summed E-state index contributed by atoms with van der Waals surface area (Å²) in [6.07, 6.45) is 0. The third-order valence-corrected chi connectivity index (χ3v) is 0. The summed E-state index contributed by atoms with van der Waals surface area (Å²) in [6, 6.07) is 0. The van der Waals surface area contributed by atoms with E-state index in [1.54, 1.807) is 0 Å². The van der Waals surface area contributed by atoms with Crippen molar-refractivity contribution < 1.29 is 40.2 Å². The normalized spacial score (nSPS) is 4.55. The van der Waals surface area contributed by atoms with E-state index in [1.165, 1.54) is 0 Å². The molecule has 0 aromatic carbocycles. The Hall–Kier alpha value is -0.478. The van der Waals surface area contributed by atoms with Gasteiger partial charge >= 0.3 is 20.4 Å². The summed E-state index contributed by atoms with van der Waals surface area (Å²) < 4.78 is 0. The quantitative estimate of drug-likeness (QED) is 0.636. The number of hydrogen-bond acceptors (Lipinski definition) is 2. The fourth-order valence-electron chi connectivity index (χ4n) is 0. The van der Waals surface area contributed by atoms with E-state index < -0.39 is 11.9 Å². The minimum atomic E-state index is -0.833. The molecule has 7 heteroatoms. The van der Waals surface area contributed by atoms with Gasteiger partial charge in [0.1, 0.15) is 0 Å². The monoisotopic (exact) mass is 258 g/mol. The molecule has 0 atom stereocenters. The fourth-order valence-corrected chi connectivity index (χ4v) is 0. The Labute approximate surface area is 78.8 Å². The van der Waals surface area contributed by atoms with Gasteiger partial charge in [-0.1, -0.05) is 0 Å². The third kappa shape index (κ3) is 2360. The molecule has 72 valence electrons. The number of nitrogens with two attached hydrogens (primary N) is 2. The minimum absolute atomic E-state index is 0. The Balaban J connectivity index is -0.0000000171. The van der Waals surface area contributed by atoms with Crippen molar-refractivity contribution in [3.05, 3.63) is 12.3 Å². The van der Waals surface area contributed by atoms with E-state index in [9.17, 15) is 0 Å². The van der Waals surface area contributed by atoms with Crippen molar-refractivity contribution >= 4 is 11.9 Å². The maximum absolute atomic E-state index is 9.00. The van der Waals surface area contributed by atoms with Crippen LogP contribution in [0.4, 0.5) is 0 Å². The summed E-state index contributed by atoms with van der Waals surface area (Å²) in [5, 5.41) is 14.8. The van der Waals surface area contributed by atoms with Crippen LogP contribution in [0.3, 0.4) is 0 Å². The molecule has 0 fully saturated rings. The van der Waals surface area contributed by atoms with E-state index in [1.807, 2.05) is 0 Å². The molecule has 0 spiro atoms. The Morgan fingerprint density at radius 3 is 0.909 bits per heavy atom. The van der Waals surface area contributed by atoms with Crippen molar-refractivity contribution in [1.29, 1.82) is 0 Å². The van der Waals surface area contributed by atoms with E-state index in [-0.39, 0.29) is 32.7 Å². The molecule has 0 amide bonds. The van der Waals surface area contributed by atoms with Crippen LogP contribution in [0.1, 0.15) is 13.8 Å². The summed E-state index contributed by atoms with van der Waals surface area (Å²) in [4.78, 5) is 18.0. The topological polar surface area (TPSA) is 142 Å². The average Bonchev–Trinajstić information content (AvgIpc) is 1.25. The van der Waals surface area contributed by atoms with E-state index in [2.05, 4.69) is 0 Å². The molecule has 6 nitrogen and oxygen atoms in total. The average molecular weight is 259 g/mol. The Kier molecular flexibility index (Phi) is 64.5. The zero-order chi connectivity index (χ0) is 7.15. The Morgan fingerprint density at radius 2 is 0.909 bits per heavy atom. The van der Waals surface area contributed by atoms with Gasteiger partial charge in [-0.15, -0.1) is 0 Å². The van der Waals surface area contributed by atoms with Crippen molar-refractivity contribution in [3.63, 3.8) is 0 Å². The number of carboxylic acids is 2. The smallest absolute Gasteiger partial charge is 0.693 e. The molecule has 0 aliphatic heterocycles. The van der Waals surface area contributed by atoms with Crippen LogP contribution in [0, 0.1) is 0 Å². The van der Waals surface area contributed by atoms with Crippen molar-refractivity contribution in [2.24, 2.45) is 0 Å². The van der Waals surface area contributed by atoms with Crippen LogP contribution in [0.2, 0.25) is 0 Å². The van der Waals surface area contributed by atoms with E-state index in [4.69, 9.17) is 19.8 Å². The molecule has 0 aromatic heterocycles. The minimum Gasteiger partial charge on any atom is -0.693 e. The standard InChI is InChI=1S/2C2H4O2.2H2N.Pd/c2*1-2(3)4;;;/h2*1H3,(H,3,4);2*1H2;/q;;2*-1;+2. The predicted molar refractivity (Wildman–Crippen MR) is 37.2 cm³/mol. The van der Waals surface area contributed by atoms with Gasteiger partial charge in [-0.2, -0.15) is 0 Å². The van der Waals surface area contributed by atoms with Gasteiger partial charge in [0.15, 0.2) is 0 Å². The molecule has 0 rings (SSSR count). The second-order valence-electron chi connectivity index (χ2n) is 1.04. The third-order valence-electron chi connectivity index (χ3n) is 0. The van der Waals surface area contributed by atoms with Crippen molar-refractivity contribution in [1.82, 2.24) is 0 Å². The van der Waals surface area contributed by atoms with Crippen LogP contribution in [-0.2, 0) is 30.0 Å². The van der Waals surface area contributed by atoms with Crippen molar-refractivity contribution in [2.75, 3.05) is 0 Å². The maximum Gasteiger partial charge on any atom is 2.00 e. The summed E-state index contributed by atoms with van der Waals surface area (Å²) in [5.74, 6) is -1.67. The molecule has 0 unspecified atom stereocenters. The molecule has 0 heterocycles. The first-order chi connectivity index (χ1) is 3.46. The number of carbonyl (C=O) groups is 2. The maximum atomic E-state index is 9.00. The van der Waals surface area contributed by atoms with Crippen LogP contribution < -0.4 is 0 Å². The fraction of sp³-hybridized carbons (Fsp3) is 0.500. The van der Waals surface area contributed by atoms with Crippen LogP contribution in [-0.4, -0.2) is 22.2 Å². The Bertz CT molecular complexity index is 78.1. The zero-order valence-corrected chi connectivity index (χ0v) is 7.74. The van der Waals surface area contributed by atoms with Gasteiger partial charge < -0.3 is 22.5 Å². The molecule has 0 saturated carbocycles. The summed E-state index contributed by atoms with van der Waals surface area (Å²) in [7, 11) is 0. The van der Waals surface area contributed by atoms with Crippen LogP contribution >= 0.6 is 0 Å². The molecule has 11 heavy (non-hydrogen) atoms. The van der Waals surface area contributed by atoms with Crippen LogP contribution in [0.5, 0.6) is 0 Å². The van der Waals surface area contributed by atoms with Gasteiger partial charge in [0.05, 0.1) is 0 Å². The van der Waals surface area contributed by atoms with Gasteiger partial charge in [-0.3, -0.25) is 9.59 Å². The second-order valence-corrected chi connectivity index (χ2v) is 1.04. The first-order valence-electron chi connectivity index (χ1n) is 1.86. The van der Waals surface area contributed by atoms with E-state index >= 15 is 0 Å². The van der Waals surface area contributed by atoms with E-state index in [0.717, 1.165) is 13.8 Å². The molecular formula is C4H12N2O4Pd. The predicted octanol–water partition coefficient (Wildman–Crippen LogP) is 1.61. The summed E-state index contributed by atoms with van der Waals surface area (Å²) in [5.41, 5.74) is 0. The van der Waals surface area contributed by atoms with Crippen LogP contribution in [0.15, 0.2) is 0 Å². The van der Waals surface area contributed by atoms with Crippen molar-refractivity contribution in [3.8, 4) is 0 Å². The number of aliphatic carboxylic acids is 2. The SMILES string of the molecule is CC(=O)O.CC(=O)O.[NH2-].[NH2-].[Pd+2]. The summed E-state index contributed by atoms with van der Waals surface area (Å²) in [6.45, 7) is 2.17. The Morgan fingerprint density at radius 1 is 0.909 bits per heavy atom. The molecular weight excluding hydrogens is 246 g/mol. The first kappa shape index (κ1) is 31.3. The van der Waals surface area contributed by atoms with Gasteiger partial charge in [0.25, 0.3) is 11.9 Å². The summed E-state index contributed by atoms with van der Waals surface area (Å²) >= 11 is 0. The molecule has 0 aliphatic carbocycles. The largest absolute Gasteiger partial charge is 2.00 e. The number of hydrogen-bond donors (Lipinski definition) is 2. The molecule has 6 N–H and O–H groups in total. The molecule has 0 aliphatic rings. The van der Waals surface area contributed by atoms with E-state index in [0.29, 0.717) is 0 Å². The molecule has 0 radical (unpaired) electrons. The van der Waals surface area contributed by atoms with Gasteiger partial charge in [0.2, 0.25) is 0 Å². The zero-order valence-electron chi connectivity index (χ0n) is 6.18. The van der Waals surface area contributed by atoms with Crippen LogP contribution in [0.25, 0.3) is 12.3 Å². The number of carboxylic acid groups (broad SMARTS) is 2. The molecule has 0 saturated heterocycles. The van der Waals surface area contributed by atoms with Gasteiger partial charge in [-0.05, 0) is 0 Å². The first-order valence-corrected chi connectivity index (χ1v) is 1.86. The van der Waals surface area contributed by atoms with Gasteiger partial charge in [-0.25, -0.2) is 0 Å².